The smallest absolute Gasteiger partial charge is 0.272 e. The lowest BCUT2D eigenvalue weighted by Gasteiger charge is -2.09. The predicted molar refractivity (Wildman–Crippen MR) is 78.5 cm³/mol. The van der Waals surface area contributed by atoms with Gasteiger partial charge in [-0.25, -0.2) is 4.39 Å². The van der Waals surface area contributed by atoms with Crippen molar-refractivity contribution in [1.29, 1.82) is 0 Å². The van der Waals surface area contributed by atoms with Crippen molar-refractivity contribution in [3.8, 4) is 0 Å². The summed E-state index contributed by atoms with van der Waals surface area (Å²) < 4.78 is 15.1. The van der Waals surface area contributed by atoms with Gasteiger partial charge < -0.3 is 15.6 Å². The quantitative estimate of drug-likeness (QED) is 0.906. The van der Waals surface area contributed by atoms with Crippen LogP contribution >= 0.6 is 11.6 Å². The lowest BCUT2D eigenvalue weighted by molar-refractivity contribution is 0.101. The van der Waals surface area contributed by atoms with Gasteiger partial charge in [0.2, 0.25) is 0 Å². The van der Waals surface area contributed by atoms with Gasteiger partial charge in [0.25, 0.3) is 5.91 Å². The summed E-state index contributed by atoms with van der Waals surface area (Å²) in [6.07, 6.45) is 2.59. The first-order valence-corrected chi connectivity index (χ1v) is 6.61. The molecule has 0 aliphatic rings. The van der Waals surface area contributed by atoms with E-state index in [1.54, 1.807) is 22.9 Å². The number of halogens is 2. The summed E-state index contributed by atoms with van der Waals surface area (Å²) in [4.78, 5) is 12.2. The Morgan fingerprint density at radius 3 is 2.85 bits per heavy atom. The normalized spacial score (nSPS) is 10.6. The number of hydrogen-bond acceptors (Lipinski definition) is 2. The molecule has 0 spiro atoms. The van der Waals surface area contributed by atoms with E-state index in [1.165, 1.54) is 12.1 Å². The van der Waals surface area contributed by atoms with E-state index in [0.717, 1.165) is 6.42 Å². The Balaban J connectivity index is 2.21. The number of carbonyl (C=O) groups excluding carboxylic acids is 1. The van der Waals surface area contributed by atoms with E-state index in [-0.39, 0.29) is 10.9 Å². The molecule has 0 bridgehead atoms. The minimum absolute atomic E-state index is 0.0154. The van der Waals surface area contributed by atoms with E-state index >= 15 is 0 Å². The van der Waals surface area contributed by atoms with Gasteiger partial charge in [-0.05, 0) is 30.7 Å². The molecule has 2 aromatic rings. The summed E-state index contributed by atoms with van der Waals surface area (Å²) >= 11 is 5.60. The lowest BCUT2D eigenvalue weighted by Crippen LogP contribution is -2.16. The van der Waals surface area contributed by atoms with Crippen molar-refractivity contribution in [1.82, 2.24) is 4.57 Å². The number of nitrogens with zero attached hydrogens (tertiary/aromatic N) is 1. The Morgan fingerprint density at radius 1 is 1.45 bits per heavy atom. The largest absolute Gasteiger partial charge is 0.397 e. The van der Waals surface area contributed by atoms with Crippen LogP contribution in [-0.2, 0) is 6.54 Å². The first-order chi connectivity index (χ1) is 9.51. The van der Waals surface area contributed by atoms with Gasteiger partial charge in [-0.3, -0.25) is 4.79 Å². The molecule has 2 rings (SSSR count). The van der Waals surface area contributed by atoms with Crippen LogP contribution in [0.1, 0.15) is 23.8 Å². The maximum atomic E-state index is 13.3. The minimum atomic E-state index is -0.576. The summed E-state index contributed by atoms with van der Waals surface area (Å²) in [5.74, 6) is -0.912. The monoisotopic (exact) mass is 295 g/mol. The highest BCUT2D eigenvalue weighted by Crippen LogP contribution is 2.20. The van der Waals surface area contributed by atoms with Gasteiger partial charge in [0, 0.05) is 18.4 Å². The van der Waals surface area contributed by atoms with Crippen LogP contribution in [0.15, 0.2) is 30.5 Å². The molecule has 1 heterocycles. The highest BCUT2D eigenvalue weighted by atomic mass is 35.5. The summed E-state index contributed by atoms with van der Waals surface area (Å²) in [6, 6.07) is 5.71. The fraction of sp³-hybridized carbons (Fsp3) is 0.214. The number of nitrogens with one attached hydrogen (secondary N) is 1. The number of benzene rings is 1. The molecule has 0 saturated carbocycles. The van der Waals surface area contributed by atoms with E-state index in [4.69, 9.17) is 17.3 Å². The highest BCUT2D eigenvalue weighted by Gasteiger charge is 2.13. The minimum Gasteiger partial charge on any atom is -0.397 e. The Labute approximate surface area is 121 Å². The molecular weight excluding hydrogens is 281 g/mol. The third-order valence-corrected chi connectivity index (χ3v) is 3.10. The molecule has 0 aliphatic carbocycles. The van der Waals surface area contributed by atoms with Crippen LogP contribution < -0.4 is 11.1 Å². The van der Waals surface area contributed by atoms with Crippen LogP contribution in [0, 0.1) is 5.82 Å². The van der Waals surface area contributed by atoms with Gasteiger partial charge in [0.05, 0.1) is 10.7 Å². The lowest BCUT2D eigenvalue weighted by atomic mass is 10.3. The highest BCUT2D eigenvalue weighted by molar-refractivity contribution is 6.30. The Kier molecular flexibility index (Phi) is 4.29. The second kappa shape index (κ2) is 5.96. The van der Waals surface area contributed by atoms with Crippen molar-refractivity contribution in [2.45, 2.75) is 19.9 Å². The molecule has 1 aromatic heterocycles. The summed E-state index contributed by atoms with van der Waals surface area (Å²) in [5.41, 5.74) is 7.02. The number of hydrogen-bond donors (Lipinski definition) is 2. The average molecular weight is 296 g/mol. The van der Waals surface area contributed by atoms with Crippen molar-refractivity contribution >= 4 is 28.9 Å². The number of amides is 1. The number of nitrogens with two attached hydrogens (primary N) is 1. The third-order valence-electron chi connectivity index (χ3n) is 2.79. The van der Waals surface area contributed by atoms with Crippen LogP contribution in [0.5, 0.6) is 0 Å². The zero-order chi connectivity index (χ0) is 14.7. The van der Waals surface area contributed by atoms with Crippen molar-refractivity contribution < 1.29 is 9.18 Å². The Hall–Kier alpha value is -2.01. The second-order valence-corrected chi connectivity index (χ2v) is 4.84. The molecule has 0 saturated heterocycles. The molecule has 0 aliphatic heterocycles. The number of aryl methyl sites for hydroxylation is 1. The number of rotatable bonds is 4. The van der Waals surface area contributed by atoms with Gasteiger partial charge in [-0.2, -0.15) is 0 Å². The van der Waals surface area contributed by atoms with Crippen molar-refractivity contribution in [2.24, 2.45) is 0 Å². The first kappa shape index (κ1) is 14.4. The number of nitrogen functional groups attached to an aromatic ring is 1. The Bertz CT molecular complexity index is 639. The average Bonchev–Trinajstić information content (AvgIpc) is 2.75. The summed E-state index contributed by atoms with van der Waals surface area (Å²) in [7, 11) is 0. The molecule has 20 heavy (non-hydrogen) atoms. The molecule has 0 fully saturated rings. The zero-order valence-corrected chi connectivity index (χ0v) is 11.7. The van der Waals surface area contributed by atoms with Crippen molar-refractivity contribution in [3.63, 3.8) is 0 Å². The molecule has 3 N–H and O–H groups in total. The van der Waals surface area contributed by atoms with E-state index in [2.05, 4.69) is 5.32 Å². The Morgan fingerprint density at radius 2 is 2.20 bits per heavy atom. The van der Waals surface area contributed by atoms with Crippen molar-refractivity contribution in [3.05, 3.63) is 47.0 Å². The van der Waals surface area contributed by atoms with Gasteiger partial charge in [0.15, 0.2) is 0 Å². The first-order valence-electron chi connectivity index (χ1n) is 6.23. The van der Waals surface area contributed by atoms with Gasteiger partial charge in [-0.15, -0.1) is 0 Å². The fourth-order valence-electron chi connectivity index (χ4n) is 1.92. The van der Waals surface area contributed by atoms with E-state index < -0.39 is 5.82 Å². The maximum absolute atomic E-state index is 13.3. The summed E-state index contributed by atoms with van der Waals surface area (Å²) in [6.45, 7) is 2.70. The van der Waals surface area contributed by atoms with Gasteiger partial charge in [-0.1, -0.05) is 18.5 Å². The van der Waals surface area contributed by atoms with E-state index in [9.17, 15) is 9.18 Å². The number of anilines is 2. The number of carbonyl (C=O) groups is 1. The molecule has 4 nitrogen and oxygen atoms in total. The van der Waals surface area contributed by atoms with Gasteiger partial charge >= 0.3 is 0 Å². The molecule has 0 atom stereocenters. The van der Waals surface area contributed by atoms with Gasteiger partial charge in [0.1, 0.15) is 11.5 Å². The fourth-order valence-corrected chi connectivity index (χ4v) is 2.04. The van der Waals surface area contributed by atoms with Crippen LogP contribution in [0.25, 0.3) is 0 Å². The third kappa shape index (κ3) is 3.11. The molecule has 6 heteroatoms. The zero-order valence-electron chi connectivity index (χ0n) is 11.0. The van der Waals surface area contributed by atoms with E-state index in [0.29, 0.717) is 23.6 Å². The van der Waals surface area contributed by atoms with Crippen LogP contribution in [0.4, 0.5) is 15.8 Å². The number of aromatic nitrogens is 1. The molecule has 0 radical (unpaired) electrons. The van der Waals surface area contributed by atoms with Crippen LogP contribution in [-0.4, -0.2) is 10.5 Å². The molecule has 1 aromatic carbocycles. The SMILES string of the molecule is CCCn1cc(N)cc1C(=O)Nc1ccc(Cl)c(F)c1. The van der Waals surface area contributed by atoms with Crippen LogP contribution in [0.3, 0.4) is 0 Å². The van der Waals surface area contributed by atoms with Crippen molar-refractivity contribution in [2.75, 3.05) is 11.1 Å². The molecular formula is C14H15ClFN3O. The molecule has 0 unspecified atom stereocenters. The predicted octanol–water partition coefficient (Wildman–Crippen LogP) is 3.53. The topological polar surface area (TPSA) is 60.0 Å². The van der Waals surface area contributed by atoms with Crippen LogP contribution in [0.2, 0.25) is 5.02 Å². The maximum Gasteiger partial charge on any atom is 0.272 e. The standard InChI is InChI=1S/C14H15ClFN3O/c1-2-5-19-8-9(17)6-13(19)14(20)18-10-3-4-11(15)12(16)7-10/h3-4,6-8H,2,5,17H2,1H3,(H,18,20). The molecule has 1 amide bonds. The molecule has 106 valence electrons. The van der Waals surface area contributed by atoms with E-state index in [1.807, 2.05) is 6.92 Å². The summed E-state index contributed by atoms with van der Waals surface area (Å²) in [5, 5.41) is 2.64. The second-order valence-electron chi connectivity index (χ2n) is 4.44.